The summed E-state index contributed by atoms with van der Waals surface area (Å²) in [5, 5.41) is 12.1. The first kappa shape index (κ1) is 16.9. The molecule has 1 aromatic carbocycles. The van der Waals surface area contributed by atoms with Gasteiger partial charge in [0.05, 0.1) is 12.7 Å². The molecule has 0 aliphatic carbocycles. The van der Waals surface area contributed by atoms with E-state index in [1.165, 1.54) is 25.3 Å². The van der Waals surface area contributed by atoms with Gasteiger partial charge in [-0.3, -0.25) is 9.59 Å². The summed E-state index contributed by atoms with van der Waals surface area (Å²) < 4.78 is 41.9. The highest BCUT2D eigenvalue weighted by molar-refractivity contribution is 6.00. The molecule has 126 valence electrons. The molecule has 2 N–H and O–H groups in total. The van der Waals surface area contributed by atoms with Gasteiger partial charge in [0.25, 0.3) is 5.91 Å². The number of hydrogen-bond donors (Lipinski definition) is 2. The van der Waals surface area contributed by atoms with Crippen LogP contribution in [-0.4, -0.2) is 54.2 Å². The average molecular weight is 332 g/mol. The van der Waals surface area contributed by atoms with E-state index in [0.29, 0.717) is 10.6 Å². The lowest BCUT2D eigenvalue weighted by atomic mass is 10.1. The number of halogens is 3. The highest BCUT2D eigenvalue weighted by Crippen LogP contribution is 2.24. The zero-order valence-corrected chi connectivity index (χ0v) is 12.2. The smallest absolute Gasteiger partial charge is 0.406 e. The maximum atomic E-state index is 12.3. The number of amides is 2. The average Bonchev–Trinajstić information content (AvgIpc) is 2.78. The van der Waals surface area contributed by atoms with Gasteiger partial charge >= 0.3 is 6.18 Å². The fourth-order valence-electron chi connectivity index (χ4n) is 2.31. The number of nitrogens with zero attached hydrogens (tertiary/aromatic N) is 1. The van der Waals surface area contributed by atoms with Crippen LogP contribution in [0.5, 0.6) is 11.5 Å². The van der Waals surface area contributed by atoms with E-state index in [4.69, 9.17) is 4.74 Å². The van der Waals surface area contributed by atoms with Gasteiger partial charge in [0.15, 0.2) is 0 Å². The molecule has 1 aromatic rings. The lowest BCUT2D eigenvalue weighted by molar-refractivity contribution is -0.157. The van der Waals surface area contributed by atoms with Crippen LogP contribution in [0.4, 0.5) is 13.2 Å². The monoisotopic (exact) mass is 332 g/mol. The third-order valence-electron chi connectivity index (χ3n) is 3.42. The number of likely N-dealkylation sites (tertiary alicyclic amines) is 1. The molecule has 0 aromatic heterocycles. The summed E-state index contributed by atoms with van der Waals surface area (Å²) in [7, 11) is 1.39. The highest BCUT2D eigenvalue weighted by atomic mass is 19.4. The van der Waals surface area contributed by atoms with Crippen molar-refractivity contribution in [2.45, 2.75) is 18.6 Å². The molecule has 1 fully saturated rings. The molecular weight excluding hydrogens is 317 g/mol. The van der Waals surface area contributed by atoms with Gasteiger partial charge in [-0.05, 0) is 18.6 Å². The number of alkyl halides is 3. The number of hydrogen-bond acceptors (Lipinski definition) is 4. The number of carbonyl (C=O) groups is 2. The maximum absolute atomic E-state index is 12.3. The van der Waals surface area contributed by atoms with Crippen LogP contribution in [0.1, 0.15) is 16.8 Å². The van der Waals surface area contributed by atoms with Crippen LogP contribution in [0.3, 0.4) is 0 Å². The first-order valence-corrected chi connectivity index (χ1v) is 6.74. The number of ether oxygens (including phenoxy) is 1. The van der Waals surface area contributed by atoms with Crippen molar-refractivity contribution in [3.05, 3.63) is 23.8 Å². The van der Waals surface area contributed by atoms with Gasteiger partial charge in [0.1, 0.15) is 24.1 Å². The Kier molecular flexibility index (Phi) is 4.67. The van der Waals surface area contributed by atoms with Crippen molar-refractivity contribution in [1.82, 2.24) is 10.2 Å². The number of benzene rings is 1. The molecule has 1 aliphatic rings. The van der Waals surface area contributed by atoms with Gasteiger partial charge in [-0.2, -0.15) is 13.2 Å². The zero-order chi connectivity index (χ0) is 17.2. The van der Waals surface area contributed by atoms with Crippen molar-refractivity contribution in [2.75, 3.05) is 20.2 Å². The predicted molar refractivity (Wildman–Crippen MR) is 73.2 cm³/mol. The van der Waals surface area contributed by atoms with Crippen molar-refractivity contribution < 1.29 is 32.6 Å². The van der Waals surface area contributed by atoms with Crippen molar-refractivity contribution in [3.8, 4) is 11.5 Å². The Balaban J connectivity index is 2.03. The second-order valence-corrected chi connectivity index (χ2v) is 5.07. The number of methoxy groups -OCH3 is 1. The Hall–Kier alpha value is -2.45. The Labute approximate surface area is 129 Å². The Bertz CT molecular complexity index is 619. The van der Waals surface area contributed by atoms with E-state index in [2.05, 4.69) is 5.32 Å². The normalized spacial score (nSPS) is 18.2. The molecule has 9 heteroatoms. The summed E-state index contributed by atoms with van der Waals surface area (Å²) in [5.41, 5.74) is -0.0899. The van der Waals surface area contributed by atoms with Crippen LogP contribution in [0, 0.1) is 0 Å². The van der Waals surface area contributed by atoms with Crippen molar-refractivity contribution in [1.29, 1.82) is 0 Å². The van der Waals surface area contributed by atoms with E-state index in [-0.39, 0.29) is 24.3 Å². The van der Waals surface area contributed by atoms with Crippen LogP contribution in [0.25, 0.3) is 0 Å². The third-order valence-corrected chi connectivity index (χ3v) is 3.42. The molecule has 2 rings (SSSR count). The number of carbonyl (C=O) groups excluding carboxylic acids is 2. The van der Waals surface area contributed by atoms with Gasteiger partial charge in [-0.25, -0.2) is 0 Å². The summed E-state index contributed by atoms with van der Waals surface area (Å²) in [6.45, 7) is -1.43. The minimum Gasteiger partial charge on any atom is -0.507 e. The van der Waals surface area contributed by atoms with Crippen LogP contribution in [0.15, 0.2) is 18.2 Å². The van der Waals surface area contributed by atoms with Gasteiger partial charge in [0, 0.05) is 12.6 Å². The molecule has 6 nitrogen and oxygen atoms in total. The minimum atomic E-state index is -4.48. The first-order chi connectivity index (χ1) is 10.7. The Morgan fingerprint density at radius 3 is 2.74 bits per heavy atom. The third kappa shape index (κ3) is 4.05. The van der Waals surface area contributed by atoms with E-state index in [1.807, 2.05) is 0 Å². The highest BCUT2D eigenvalue weighted by Gasteiger charge is 2.39. The quantitative estimate of drug-likeness (QED) is 0.871. The van der Waals surface area contributed by atoms with E-state index in [0.717, 1.165) is 0 Å². The SMILES string of the molecule is COc1ccc(C(=O)NC2CCN(CC(F)(F)F)C2=O)c(O)c1. The molecule has 1 atom stereocenters. The largest absolute Gasteiger partial charge is 0.507 e. The number of aromatic hydroxyl groups is 1. The summed E-state index contributed by atoms with van der Waals surface area (Å²) in [4.78, 5) is 24.6. The van der Waals surface area contributed by atoms with Crippen molar-refractivity contribution in [3.63, 3.8) is 0 Å². The number of nitrogens with one attached hydrogen (secondary N) is 1. The van der Waals surface area contributed by atoms with Crippen molar-refractivity contribution in [2.24, 2.45) is 0 Å². The topological polar surface area (TPSA) is 78.9 Å². The number of phenolic OH excluding ortho intramolecular Hbond substituents is 1. The molecule has 0 spiro atoms. The van der Waals surface area contributed by atoms with Gasteiger partial charge in [0.2, 0.25) is 5.91 Å². The minimum absolute atomic E-state index is 0.0809. The van der Waals surface area contributed by atoms with Crippen LogP contribution in [-0.2, 0) is 4.79 Å². The molecule has 1 saturated heterocycles. The second-order valence-electron chi connectivity index (χ2n) is 5.07. The van der Waals surface area contributed by atoms with Gasteiger partial charge < -0.3 is 20.1 Å². The fraction of sp³-hybridized carbons (Fsp3) is 0.429. The van der Waals surface area contributed by atoms with E-state index in [9.17, 15) is 27.9 Å². The Morgan fingerprint density at radius 1 is 1.48 bits per heavy atom. The Morgan fingerprint density at radius 2 is 2.17 bits per heavy atom. The molecular formula is C14H15F3N2O4. The van der Waals surface area contributed by atoms with E-state index in [1.54, 1.807) is 0 Å². The lowest BCUT2D eigenvalue weighted by Crippen LogP contribution is -2.43. The first-order valence-electron chi connectivity index (χ1n) is 6.74. The zero-order valence-electron chi connectivity index (χ0n) is 12.2. The molecule has 0 radical (unpaired) electrons. The fourth-order valence-corrected chi connectivity index (χ4v) is 2.31. The molecule has 1 unspecified atom stereocenters. The molecule has 2 amide bonds. The number of rotatable bonds is 4. The van der Waals surface area contributed by atoms with Crippen molar-refractivity contribution >= 4 is 11.8 Å². The summed E-state index contributed by atoms with van der Waals surface area (Å²) in [6.07, 6.45) is -4.40. The predicted octanol–water partition coefficient (Wildman–Crippen LogP) is 1.29. The van der Waals surface area contributed by atoms with Crippen LogP contribution >= 0.6 is 0 Å². The molecule has 0 bridgehead atoms. The lowest BCUT2D eigenvalue weighted by Gasteiger charge is -2.18. The summed E-state index contributed by atoms with van der Waals surface area (Å²) in [5.74, 6) is -1.53. The van der Waals surface area contributed by atoms with Crippen LogP contribution in [0.2, 0.25) is 0 Å². The molecule has 1 heterocycles. The second kappa shape index (κ2) is 6.35. The molecule has 0 saturated carbocycles. The molecule has 23 heavy (non-hydrogen) atoms. The summed E-state index contributed by atoms with van der Waals surface area (Å²) in [6, 6.07) is 2.94. The van der Waals surface area contributed by atoms with Gasteiger partial charge in [-0.1, -0.05) is 0 Å². The number of phenols is 1. The summed E-state index contributed by atoms with van der Waals surface area (Å²) >= 11 is 0. The molecule has 1 aliphatic heterocycles. The van der Waals surface area contributed by atoms with E-state index >= 15 is 0 Å². The van der Waals surface area contributed by atoms with Crippen LogP contribution < -0.4 is 10.1 Å². The van der Waals surface area contributed by atoms with E-state index < -0.39 is 30.6 Å². The van der Waals surface area contributed by atoms with Gasteiger partial charge in [-0.15, -0.1) is 0 Å². The standard InChI is InChI=1S/C14H15F3N2O4/c1-23-8-2-3-9(11(20)6-8)12(21)18-10-4-5-19(13(10)22)7-14(15,16)17/h2-3,6,10,20H,4-5,7H2,1H3,(H,18,21). The maximum Gasteiger partial charge on any atom is 0.406 e.